The molecule has 0 saturated carbocycles. The minimum absolute atomic E-state index is 0.0425. The van der Waals surface area contributed by atoms with Crippen LogP contribution in [0, 0.1) is 0 Å². The zero-order valence-corrected chi connectivity index (χ0v) is 19.8. The maximum atomic E-state index is 12.8. The standard InChI is InChI=1S/C26H32N2O5/c1-5-27(4)25(30)7-6-14-28-22-15-20(10-13-24(22)33-17-26(28)31)23(29)16-32-21-11-8-19(9-12-21)18(2)3/h8-13,15,18H,5-7,14,16-17H2,1-4H3. The van der Waals surface area contributed by atoms with Gasteiger partial charge in [0.1, 0.15) is 11.5 Å². The van der Waals surface area contributed by atoms with Crippen molar-refractivity contribution in [1.82, 2.24) is 4.90 Å². The molecule has 2 amide bonds. The molecule has 0 bridgehead atoms. The van der Waals surface area contributed by atoms with Gasteiger partial charge in [-0.15, -0.1) is 0 Å². The number of fused-ring (bicyclic) bond motifs is 1. The molecule has 2 aromatic rings. The Kier molecular flexibility index (Phi) is 8.09. The second-order valence-corrected chi connectivity index (χ2v) is 8.46. The Hall–Kier alpha value is -3.35. The first-order chi connectivity index (χ1) is 15.8. The van der Waals surface area contributed by atoms with Crippen molar-refractivity contribution in [3.8, 4) is 11.5 Å². The van der Waals surface area contributed by atoms with Gasteiger partial charge in [0, 0.05) is 32.1 Å². The fourth-order valence-electron chi connectivity index (χ4n) is 3.56. The topological polar surface area (TPSA) is 76.2 Å². The minimum Gasteiger partial charge on any atom is -0.485 e. The molecule has 0 atom stereocenters. The van der Waals surface area contributed by atoms with Gasteiger partial charge in [0.15, 0.2) is 19.0 Å². The molecule has 0 unspecified atom stereocenters. The van der Waals surface area contributed by atoms with Gasteiger partial charge < -0.3 is 19.3 Å². The van der Waals surface area contributed by atoms with Gasteiger partial charge in [-0.3, -0.25) is 14.4 Å². The average molecular weight is 453 g/mol. The van der Waals surface area contributed by atoms with Crippen LogP contribution in [0.1, 0.15) is 55.5 Å². The van der Waals surface area contributed by atoms with Crippen molar-refractivity contribution in [2.45, 2.75) is 39.5 Å². The van der Waals surface area contributed by atoms with E-state index in [9.17, 15) is 14.4 Å². The van der Waals surface area contributed by atoms with Crippen molar-refractivity contribution >= 4 is 23.3 Å². The molecule has 2 aromatic carbocycles. The van der Waals surface area contributed by atoms with E-state index in [0.29, 0.717) is 54.6 Å². The summed E-state index contributed by atoms with van der Waals surface area (Å²) < 4.78 is 11.2. The van der Waals surface area contributed by atoms with Crippen molar-refractivity contribution in [2.75, 3.05) is 38.3 Å². The number of carbonyl (C=O) groups excluding carboxylic acids is 3. The van der Waals surface area contributed by atoms with E-state index in [1.807, 2.05) is 31.2 Å². The highest BCUT2D eigenvalue weighted by atomic mass is 16.5. The van der Waals surface area contributed by atoms with Gasteiger partial charge in [0.2, 0.25) is 5.91 Å². The Morgan fingerprint density at radius 1 is 1.15 bits per heavy atom. The molecule has 7 nitrogen and oxygen atoms in total. The lowest BCUT2D eigenvalue weighted by Gasteiger charge is -2.30. The van der Waals surface area contributed by atoms with E-state index < -0.39 is 0 Å². The second kappa shape index (κ2) is 11.0. The van der Waals surface area contributed by atoms with Crippen molar-refractivity contribution in [1.29, 1.82) is 0 Å². The summed E-state index contributed by atoms with van der Waals surface area (Å²) in [5.41, 5.74) is 2.20. The SMILES string of the molecule is CCN(C)C(=O)CCCN1C(=O)COc2ccc(C(=O)COc3ccc(C(C)C)cc3)cc21. The fraction of sp³-hybridized carbons (Fsp3) is 0.423. The van der Waals surface area contributed by atoms with Gasteiger partial charge in [0.25, 0.3) is 5.91 Å². The molecule has 0 fully saturated rings. The van der Waals surface area contributed by atoms with Crippen molar-refractivity contribution in [2.24, 2.45) is 0 Å². The maximum Gasteiger partial charge on any atom is 0.265 e. The van der Waals surface area contributed by atoms with Gasteiger partial charge in [0.05, 0.1) is 5.69 Å². The van der Waals surface area contributed by atoms with Crippen LogP contribution in [0.15, 0.2) is 42.5 Å². The first kappa shape index (κ1) is 24.3. The normalized spacial score (nSPS) is 12.9. The van der Waals surface area contributed by atoms with E-state index in [1.165, 1.54) is 5.56 Å². The van der Waals surface area contributed by atoms with Gasteiger partial charge >= 0.3 is 0 Å². The molecule has 0 N–H and O–H groups in total. The summed E-state index contributed by atoms with van der Waals surface area (Å²) in [6.45, 7) is 7.03. The summed E-state index contributed by atoms with van der Waals surface area (Å²) in [5, 5.41) is 0. The quantitative estimate of drug-likeness (QED) is 0.508. The summed E-state index contributed by atoms with van der Waals surface area (Å²) in [7, 11) is 1.76. The highest BCUT2D eigenvalue weighted by Crippen LogP contribution is 2.33. The highest BCUT2D eigenvalue weighted by molar-refractivity contribution is 6.02. The molecule has 176 valence electrons. The van der Waals surface area contributed by atoms with Crippen LogP contribution in [0.5, 0.6) is 11.5 Å². The van der Waals surface area contributed by atoms with Crippen LogP contribution in [0.4, 0.5) is 5.69 Å². The zero-order valence-electron chi connectivity index (χ0n) is 19.8. The van der Waals surface area contributed by atoms with Crippen LogP contribution >= 0.6 is 0 Å². The smallest absolute Gasteiger partial charge is 0.265 e. The van der Waals surface area contributed by atoms with Crippen LogP contribution in [0.3, 0.4) is 0 Å². The Morgan fingerprint density at radius 3 is 2.55 bits per heavy atom. The number of hydrogen-bond donors (Lipinski definition) is 0. The molecule has 1 aliphatic rings. The number of carbonyl (C=O) groups is 3. The Labute approximate surface area is 195 Å². The van der Waals surface area contributed by atoms with Gasteiger partial charge in [-0.25, -0.2) is 0 Å². The molecule has 1 heterocycles. The number of anilines is 1. The third kappa shape index (κ3) is 6.12. The van der Waals surface area contributed by atoms with Crippen LogP contribution in [-0.2, 0) is 9.59 Å². The van der Waals surface area contributed by atoms with Gasteiger partial charge in [-0.2, -0.15) is 0 Å². The molecule has 7 heteroatoms. The fourth-order valence-corrected chi connectivity index (χ4v) is 3.56. The minimum atomic E-state index is -0.191. The number of nitrogens with zero attached hydrogens (tertiary/aromatic N) is 2. The largest absolute Gasteiger partial charge is 0.485 e. The van der Waals surface area contributed by atoms with Crippen LogP contribution in [0.25, 0.3) is 0 Å². The molecule has 1 aliphatic heterocycles. The highest BCUT2D eigenvalue weighted by Gasteiger charge is 2.26. The van der Waals surface area contributed by atoms with Crippen LogP contribution in [-0.4, -0.2) is 55.8 Å². The predicted molar refractivity (Wildman–Crippen MR) is 127 cm³/mol. The van der Waals surface area contributed by atoms with Crippen molar-refractivity contribution < 1.29 is 23.9 Å². The summed E-state index contributed by atoms with van der Waals surface area (Å²) in [5.74, 6) is 1.27. The number of ketones is 1. The number of benzene rings is 2. The van der Waals surface area contributed by atoms with Crippen LogP contribution in [0.2, 0.25) is 0 Å². The Balaban J connectivity index is 1.65. The van der Waals surface area contributed by atoms with E-state index in [1.54, 1.807) is 35.0 Å². The number of amides is 2. The second-order valence-electron chi connectivity index (χ2n) is 8.46. The van der Waals surface area contributed by atoms with E-state index in [0.717, 1.165) is 0 Å². The number of Topliss-reactive ketones (excluding diaryl/α,β-unsaturated/α-hetero) is 1. The third-order valence-corrected chi connectivity index (χ3v) is 5.81. The molecule has 0 saturated heterocycles. The lowest BCUT2D eigenvalue weighted by Crippen LogP contribution is -2.40. The van der Waals surface area contributed by atoms with E-state index in [-0.39, 0.29) is 30.8 Å². The lowest BCUT2D eigenvalue weighted by atomic mass is 10.0. The van der Waals surface area contributed by atoms with E-state index >= 15 is 0 Å². The van der Waals surface area contributed by atoms with E-state index in [4.69, 9.17) is 9.47 Å². The van der Waals surface area contributed by atoms with Gasteiger partial charge in [-0.05, 0) is 55.2 Å². The van der Waals surface area contributed by atoms with Gasteiger partial charge in [-0.1, -0.05) is 26.0 Å². The van der Waals surface area contributed by atoms with Crippen molar-refractivity contribution in [3.05, 3.63) is 53.6 Å². The molecule has 0 aromatic heterocycles. The number of ether oxygens (including phenoxy) is 2. The van der Waals surface area contributed by atoms with Crippen molar-refractivity contribution in [3.63, 3.8) is 0 Å². The third-order valence-electron chi connectivity index (χ3n) is 5.81. The van der Waals surface area contributed by atoms with Crippen LogP contribution < -0.4 is 14.4 Å². The monoisotopic (exact) mass is 452 g/mol. The summed E-state index contributed by atoms with van der Waals surface area (Å²) in [6, 6.07) is 12.8. The first-order valence-corrected chi connectivity index (χ1v) is 11.4. The Morgan fingerprint density at radius 2 is 1.88 bits per heavy atom. The number of rotatable bonds is 10. The zero-order chi connectivity index (χ0) is 24.0. The molecular weight excluding hydrogens is 420 g/mol. The molecule has 0 aliphatic carbocycles. The first-order valence-electron chi connectivity index (χ1n) is 11.4. The molecule has 3 rings (SSSR count). The lowest BCUT2D eigenvalue weighted by molar-refractivity contribution is -0.130. The van der Waals surface area contributed by atoms with E-state index in [2.05, 4.69) is 13.8 Å². The summed E-state index contributed by atoms with van der Waals surface area (Å²) >= 11 is 0. The number of hydrogen-bond acceptors (Lipinski definition) is 5. The molecule has 33 heavy (non-hydrogen) atoms. The maximum absolute atomic E-state index is 12.8. The molecule has 0 radical (unpaired) electrons. The predicted octanol–water partition coefficient (Wildman–Crippen LogP) is 4.06. The average Bonchev–Trinajstić information content (AvgIpc) is 2.83. The Bertz CT molecular complexity index is 1000. The summed E-state index contributed by atoms with van der Waals surface area (Å²) in [4.78, 5) is 40.6. The molecule has 0 spiro atoms. The summed E-state index contributed by atoms with van der Waals surface area (Å²) in [6.07, 6.45) is 0.883. The molecular formula is C26H32N2O5.